The molecule has 2 aromatic carbocycles. The molecule has 1 heterocycles. The molecule has 4 nitrogen and oxygen atoms in total. The summed E-state index contributed by atoms with van der Waals surface area (Å²) in [6.07, 6.45) is 1.77. The Labute approximate surface area is 163 Å². The lowest BCUT2D eigenvalue weighted by Crippen LogP contribution is -2.14. The lowest BCUT2D eigenvalue weighted by Gasteiger charge is -2.10. The van der Waals surface area contributed by atoms with E-state index in [1.54, 1.807) is 6.34 Å². The first kappa shape index (κ1) is 18.5. The zero-order chi connectivity index (χ0) is 18.7. The van der Waals surface area contributed by atoms with Crippen molar-refractivity contribution in [2.45, 2.75) is 13.8 Å². The first-order valence-corrected chi connectivity index (χ1v) is 9.01. The first-order valence-electron chi connectivity index (χ1n) is 8.26. The van der Waals surface area contributed by atoms with Gasteiger partial charge in [0.1, 0.15) is 5.69 Å². The molecular formula is C20H19Cl2N3O. The van der Waals surface area contributed by atoms with Crippen LogP contribution in [0.1, 0.15) is 12.5 Å². The molecule has 0 saturated carbocycles. The fraction of sp³-hybridized carbons (Fsp3) is 0.200. The summed E-state index contributed by atoms with van der Waals surface area (Å²) in [5.74, 6) is 0.639. The van der Waals surface area contributed by atoms with Crippen LogP contribution in [0.4, 0.5) is 5.69 Å². The van der Waals surface area contributed by atoms with Gasteiger partial charge in [-0.1, -0.05) is 46.6 Å². The minimum absolute atomic E-state index is 0.557. The van der Waals surface area contributed by atoms with Crippen LogP contribution in [-0.2, 0) is 0 Å². The van der Waals surface area contributed by atoms with Gasteiger partial charge in [-0.05, 0) is 37.6 Å². The third kappa shape index (κ3) is 3.92. The van der Waals surface area contributed by atoms with Gasteiger partial charge in [0.25, 0.3) is 0 Å². The van der Waals surface area contributed by atoms with Crippen molar-refractivity contribution in [3.05, 3.63) is 58.1 Å². The molecule has 3 aromatic rings. The molecule has 134 valence electrons. The fourth-order valence-electron chi connectivity index (χ4n) is 2.47. The Kier molecular flexibility index (Phi) is 5.64. The summed E-state index contributed by atoms with van der Waals surface area (Å²) in [7, 11) is 1.96. The van der Waals surface area contributed by atoms with Gasteiger partial charge in [0.05, 0.1) is 22.1 Å². The Hall–Kier alpha value is -2.30. The van der Waals surface area contributed by atoms with Gasteiger partial charge in [0.2, 0.25) is 0 Å². The molecule has 0 radical (unpaired) electrons. The average Bonchev–Trinajstić information content (AvgIpc) is 3.11. The van der Waals surface area contributed by atoms with E-state index in [1.807, 2.05) is 61.3 Å². The summed E-state index contributed by atoms with van der Waals surface area (Å²) in [5.41, 5.74) is 4.12. The van der Waals surface area contributed by atoms with E-state index in [0.29, 0.717) is 21.5 Å². The molecule has 3 rings (SSSR count). The lowest BCUT2D eigenvalue weighted by molar-refractivity contribution is 0.434. The minimum Gasteiger partial charge on any atom is -0.366 e. The normalized spacial score (nSPS) is 11.3. The number of hydrogen-bond acceptors (Lipinski definition) is 3. The smallest absolute Gasteiger partial charge is 0.167 e. The van der Waals surface area contributed by atoms with Crippen molar-refractivity contribution in [1.29, 1.82) is 0 Å². The Morgan fingerprint density at radius 3 is 2.62 bits per heavy atom. The third-order valence-corrected chi connectivity index (χ3v) is 4.74. The van der Waals surface area contributed by atoms with Crippen LogP contribution in [0.3, 0.4) is 0 Å². The second-order valence-corrected chi connectivity index (χ2v) is 6.81. The molecule has 26 heavy (non-hydrogen) atoms. The highest BCUT2D eigenvalue weighted by Crippen LogP contribution is 2.36. The highest BCUT2D eigenvalue weighted by molar-refractivity contribution is 6.33. The number of aromatic nitrogens is 1. The van der Waals surface area contributed by atoms with Crippen LogP contribution in [0.15, 0.2) is 52.0 Å². The Morgan fingerprint density at radius 2 is 1.88 bits per heavy atom. The molecule has 1 aromatic heterocycles. The van der Waals surface area contributed by atoms with Crippen molar-refractivity contribution in [2.75, 3.05) is 13.6 Å². The van der Waals surface area contributed by atoms with Crippen LogP contribution in [0.2, 0.25) is 10.0 Å². The Morgan fingerprint density at radius 1 is 1.12 bits per heavy atom. The SMILES string of the molecule is CCN(C)C=Nc1cc(C)c(-c2cc(-c3ccccc3Cl)no2)cc1Cl. The van der Waals surface area contributed by atoms with Crippen molar-refractivity contribution in [2.24, 2.45) is 4.99 Å². The van der Waals surface area contributed by atoms with Gasteiger partial charge in [-0.15, -0.1) is 0 Å². The lowest BCUT2D eigenvalue weighted by atomic mass is 10.0. The molecule has 0 fully saturated rings. The zero-order valence-electron chi connectivity index (χ0n) is 14.8. The van der Waals surface area contributed by atoms with Crippen LogP contribution in [0.5, 0.6) is 0 Å². The van der Waals surface area contributed by atoms with Gasteiger partial charge in [-0.3, -0.25) is 0 Å². The van der Waals surface area contributed by atoms with E-state index in [4.69, 9.17) is 27.7 Å². The quantitative estimate of drug-likeness (QED) is 0.384. The summed E-state index contributed by atoms with van der Waals surface area (Å²) in [6.45, 7) is 4.93. The molecule has 6 heteroatoms. The van der Waals surface area contributed by atoms with E-state index in [1.165, 1.54) is 0 Å². The van der Waals surface area contributed by atoms with E-state index in [0.717, 1.165) is 28.9 Å². The monoisotopic (exact) mass is 387 g/mol. The predicted molar refractivity (Wildman–Crippen MR) is 109 cm³/mol. The highest BCUT2D eigenvalue weighted by Gasteiger charge is 2.14. The number of aliphatic imine (C=N–C) groups is 1. The molecule has 0 amide bonds. The van der Waals surface area contributed by atoms with Crippen LogP contribution < -0.4 is 0 Å². The average molecular weight is 388 g/mol. The van der Waals surface area contributed by atoms with Gasteiger partial charge in [-0.2, -0.15) is 0 Å². The summed E-state index contributed by atoms with van der Waals surface area (Å²) in [4.78, 5) is 6.42. The molecule has 0 aliphatic carbocycles. The van der Waals surface area contributed by atoms with E-state index in [9.17, 15) is 0 Å². The van der Waals surface area contributed by atoms with E-state index in [-0.39, 0.29) is 0 Å². The number of benzene rings is 2. The van der Waals surface area contributed by atoms with Crippen molar-refractivity contribution in [3.63, 3.8) is 0 Å². The summed E-state index contributed by atoms with van der Waals surface area (Å²) in [6, 6.07) is 13.2. The van der Waals surface area contributed by atoms with Gasteiger partial charge < -0.3 is 9.42 Å². The minimum atomic E-state index is 0.557. The largest absolute Gasteiger partial charge is 0.366 e. The number of rotatable bonds is 5. The van der Waals surface area contributed by atoms with Gasteiger partial charge >= 0.3 is 0 Å². The van der Waals surface area contributed by atoms with Crippen molar-refractivity contribution < 1.29 is 4.52 Å². The number of aryl methyl sites for hydroxylation is 1. The first-order chi connectivity index (χ1) is 12.5. The fourth-order valence-corrected chi connectivity index (χ4v) is 2.92. The van der Waals surface area contributed by atoms with Gasteiger partial charge in [-0.25, -0.2) is 4.99 Å². The molecule has 0 atom stereocenters. The van der Waals surface area contributed by atoms with Crippen molar-refractivity contribution in [3.8, 4) is 22.6 Å². The maximum absolute atomic E-state index is 6.41. The maximum atomic E-state index is 6.41. The molecule has 0 saturated heterocycles. The van der Waals surface area contributed by atoms with E-state index < -0.39 is 0 Å². The zero-order valence-corrected chi connectivity index (χ0v) is 16.3. The molecule has 0 aliphatic heterocycles. The van der Waals surface area contributed by atoms with Crippen LogP contribution in [0, 0.1) is 6.92 Å². The van der Waals surface area contributed by atoms with Crippen molar-refractivity contribution in [1.82, 2.24) is 10.1 Å². The number of nitrogens with zero attached hydrogens (tertiary/aromatic N) is 3. The summed E-state index contributed by atoms with van der Waals surface area (Å²) < 4.78 is 5.54. The summed E-state index contributed by atoms with van der Waals surface area (Å²) in [5, 5.41) is 5.34. The standard InChI is InChI=1S/C20H19Cl2N3O/c1-4-25(3)12-23-19-9-13(2)15(10-17(19)22)20-11-18(24-26-20)14-7-5-6-8-16(14)21/h5-12H,4H2,1-3H3. The Bertz CT molecular complexity index is 950. The maximum Gasteiger partial charge on any atom is 0.167 e. The van der Waals surface area contributed by atoms with Gasteiger partial charge in [0, 0.05) is 30.8 Å². The summed E-state index contributed by atoms with van der Waals surface area (Å²) >= 11 is 12.7. The van der Waals surface area contributed by atoms with Crippen molar-refractivity contribution >= 4 is 35.2 Å². The Balaban J connectivity index is 1.95. The molecular weight excluding hydrogens is 369 g/mol. The molecule has 0 N–H and O–H groups in total. The highest BCUT2D eigenvalue weighted by atomic mass is 35.5. The molecule has 0 bridgehead atoms. The third-order valence-electron chi connectivity index (χ3n) is 4.11. The van der Waals surface area contributed by atoms with Gasteiger partial charge in [0.15, 0.2) is 5.76 Å². The predicted octanol–water partition coefficient (Wildman–Crippen LogP) is 6.24. The molecule has 0 unspecified atom stereocenters. The van der Waals surface area contributed by atoms with Crippen LogP contribution in [0.25, 0.3) is 22.6 Å². The second-order valence-electron chi connectivity index (χ2n) is 5.99. The molecule has 0 spiro atoms. The van der Waals surface area contributed by atoms with E-state index >= 15 is 0 Å². The van der Waals surface area contributed by atoms with E-state index in [2.05, 4.69) is 17.1 Å². The second kappa shape index (κ2) is 7.94. The number of hydrogen-bond donors (Lipinski definition) is 0. The topological polar surface area (TPSA) is 41.6 Å². The van der Waals surface area contributed by atoms with Crippen LogP contribution in [-0.4, -0.2) is 30.0 Å². The molecule has 0 aliphatic rings. The number of halogens is 2. The van der Waals surface area contributed by atoms with Crippen LogP contribution >= 0.6 is 23.2 Å².